The molecule has 5 heteroatoms. The number of nitrogens with zero attached hydrogens (tertiary/aromatic N) is 2. The highest BCUT2D eigenvalue weighted by molar-refractivity contribution is 7.16. The van der Waals surface area contributed by atoms with Crippen LogP contribution in [0.2, 0.25) is 0 Å². The molecule has 0 saturated heterocycles. The Labute approximate surface area is 127 Å². The van der Waals surface area contributed by atoms with Gasteiger partial charge in [-0.15, -0.1) is 11.3 Å². The third-order valence-corrected chi connectivity index (χ3v) is 3.76. The lowest BCUT2D eigenvalue weighted by Crippen LogP contribution is -2.30. The van der Waals surface area contributed by atoms with Gasteiger partial charge in [0.15, 0.2) is 0 Å². The number of carbonyl (C=O) groups excluding carboxylic acids is 1. The molecule has 0 unspecified atom stereocenters. The second kappa shape index (κ2) is 5.00. The molecule has 0 saturated carbocycles. The monoisotopic (exact) mass is 300 g/mol. The second-order valence-corrected chi connectivity index (χ2v) is 6.71. The van der Waals surface area contributed by atoms with Crippen molar-refractivity contribution in [3.63, 3.8) is 0 Å². The van der Waals surface area contributed by atoms with E-state index in [0.717, 1.165) is 21.3 Å². The van der Waals surface area contributed by atoms with Crippen LogP contribution in [0.4, 0.5) is 4.79 Å². The Bertz CT molecular complexity index is 705. The van der Waals surface area contributed by atoms with Crippen LogP contribution in [0.25, 0.3) is 22.4 Å². The first-order chi connectivity index (χ1) is 9.92. The molecule has 0 bridgehead atoms. The van der Waals surface area contributed by atoms with Gasteiger partial charge in [0.05, 0.1) is 15.7 Å². The van der Waals surface area contributed by atoms with Crippen molar-refractivity contribution in [1.82, 2.24) is 9.88 Å². The average Bonchev–Trinajstić information content (AvgIpc) is 2.72. The van der Waals surface area contributed by atoms with E-state index in [0.29, 0.717) is 0 Å². The van der Waals surface area contributed by atoms with E-state index in [2.05, 4.69) is 11.1 Å². The van der Waals surface area contributed by atoms with Crippen molar-refractivity contribution in [2.24, 2.45) is 0 Å². The topological polar surface area (TPSA) is 42.4 Å². The number of benzene rings is 1. The van der Waals surface area contributed by atoms with Crippen molar-refractivity contribution < 1.29 is 9.53 Å². The Balaban J connectivity index is 1.91. The molecule has 1 amide bonds. The summed E-state index contributed by atoms with van der Waals surface area (Å²) in [5.41, 5.74) is 4.40. The number of carbonyl (C=O) groups is 1. The van der Waals surface area contributed by atoms with Gasteiger partial charge in [0.2, 0.25) is 0 Å². The molecule has 1 aliphatic heterocycles. The fourth-order valence-electron chi connectivity index (χ4n) is 2.03. The number of thiazole rings is 1. The molecule has 1 aromatic heterocycles. The number of ether oxygens (including phenoxy) is 1. The molecule has 0 aliphatic carbocycles. The summed E-state index contributed by atoms with van der Waals surface area (Å²) in [5, 5.41) is 0. The third-order valence-electron chi connectivity index (χ3n) is 2.97. The molecule has 0 atom stereocenters. The van der Waals surface area contributed by atoms with Crippen LogP contribution in [-0.2, 0) is 4.74 Å². The summed E-state index contributed by atoms with van der Waals surface area (Å²) in [6, 6.07) is 4.11. The maximum absolute atomic E-state index is 12.1. The summed E-state index contributed by atoms with van der Waals surface area (Å²) >= 11 is 1.61. The Kier molecular flexibility index (Phi) is 3.29. The predicted octanol–water partition coefficient (Wildman–Crippen LogP) is 4.49. The molecule has 2 aromatic rings. The van der Waals surface area contributed by atoms with Crippen LogP contribution in [0, 0.1) is 0 Å². The minimum Gasteiger partial charge on any atom is -0.443 e. The number of fused-ring (bicyclic) bond motifs is 2. The smallest absolute Gasteiger partial charge is 0.418 e. The third kappa shape index (κ3) is 2.97. The van der Waals surface area contributed by atoms with Crippen LogP contribution in [0.15, 0.2) is 30.0 Å². The number of aromatic nitrogens is 1. The zero-order valence-corrected chi connectivity index (χ0v) is 13.0. The maximum atomic E-state index is 12.1. The summed E-state index contributed by atoms with van der Waals surface area (Å²) < 4.78 is 6.50. The van der Waals surface area contributed by atoms with Gasteiger partial charge in [0.25, 0.3) is 0 Å². The molecule has 0 N–H and O–H groups in total. The van der Waals surface area contributed by atoms with Crippen molar-refractivity contribution in [3.05, 3.63) is 41.2 Å². The number of amides is 1. The fourth-order valence-corrected chi connectivity index (χ4v) is 2.74. The molecule has 108 valence electrons. The molecule has 0 radical (unpaired) electrons. The molecule has 0 fully saturated rings. The summed E-state index contributed by atoms with van der Waals surface area (Å²) in [6.45, 7) is 5.56. The number of hydrogen-bond donors (Lipinski definition) is 0. The Morgan fingerprint density at radius 3 is 2.52 bits per heavy atom. The van der Waals surface area contributed by atoms with Crippen molar-refractivity contribution in [1.29, 1.82) is 0 Å². The van der Waals surface area contributed by atoms with Crippen molar-refractivity contribution in [2.45, 2.75) is 26.4 Å². The van der Waals surface area contributed by atoms with Crippen LogP contribution < -0.4 is 0 Å². The minimum absolute atomic E-state index is 0.386. The zero-order valence-electron chi connectivity index (χ0n) is 12.2. The zero-order chi connectivity index (χ0) is 15.0. The molecule has 0 spiro atoms. The van der Waals surface area contributed by atoms with E-state index in [1.807, 2.05) is 44.5 Å². The van der Waals surface area contributed by atoms with E-state index in [1.54, 1.807) is 23.7 Å². The van der Waals surface area contributed by atoms with Gasteiger partial charge < -0.3 is 4.74 Å². The van der Waals surface area contributed by atoms with Gasteiger partial charge in [-0.1, -0.05) is 0 Å². The van der Waals surface area contributed by atoms with Crippen LogP contribution in [-0.4, -0.2) is 21.6 Å². The quantitative estimate of drug-likeness (QED) is 0.720. The Morgan fingerprint density at radius 1 is 1.19 bits per heavy atom. The second-order valence-electron chi connectivity index (χ2n) is 5.82. The van der Waals surface area contributed by atoms with Crippen molar-refractivity contribution >= 4 is 39.8 Å². The Morgan fingerprint density at radius 2 is 1.86 bits per heavy atom. The van der Waals surface area contributed by atoms with Gasteiger partial charge in [0.1, 0.15) is 5.60 Å². The summed E-state index contributed by atoms with van der Waals surface area (Å²) in [4.78, 5) is 17.9. The van der Waals surface area contributed by atoms with E-state index in [4.69, 9.17) is 4.74 Å². The molecule has 21 heavy (non-hydrogen) atoms. The van der Waals surface area contributed by atoms with Gasteiger partial charge in [-0.2, -0.15) is 0 Å². The van der Waals surface area contributed by atoms with Gasteiger partial charge in [-0.25, -0.2) is 9.78 Å². The lowest BCUT2D eigenvalue weighted by Gasteiger charge is -2.22. The van der Waals surface area contributed by atoms with E-state index in [9.17, 15) is 4.79 Å². The lowest BCUT2D eigenvalue weighted by molar-refractivity contribution is 0.0402. The molecule has 3 rings (SSSR count). The standard InChI is InChI=1S/C16H16N2O2S/c1-16(2,3)20-15(19)18-6-4-11-8-13-14(21-10-17-13)9-12(11)5-7-18/h4-10H,1-3H3. The van der Waals surface area contributed by atoms with Crippen LogP contribution in [0.3, 0.4) is 0 Å². The molecule has 4 nitrogen and oxygen atoms in total. The minimum atomic E-state index is -0.509. The molecule has 1 aliphatic rings. The van der Waals surface area contributed by atoms with Gasteiger partial charge >= 0.3 is 6.09 Å². The van der Waals surface area contributed by atoms with Gasteiger partial charge in [0, 0.05) is 12.4 Å². The van der Waals surface area contributed by atoms with Crippen LogP contribution in [0.5, 0.6) is 0 Å². The SMILES string of the molecule is CC(C)(C)OC(=O)N1C=Cc2cc3ncsc3cc2C=C1. The number of hydrogen-bond acceptors (Lipinski definition) is 4. The van der Waals surface area contributed by atoms with Crippen LogP contribution in [0.1, 0.15) is 31.9 Å². The lowest BCUT2D eigenvalue weighted by atomic mass is 10.1. The Hall–Kier alpha value is -2.14. The summed E-state index contributed by atoms with van der Waals surface area (Å²) in [5.74, 6) is 0. The van der Waals surface area contributed by atoms with E-state index in [-0.39, 0.29) is 6.09 Å². The van der Waals surface area contributed by atoms with E-state index < -0.39 is 5.60 Å². The van der Waals surface area contributed by atoms with Crippen LogP contribution >= 0.6 is 11.3 Å². The molecule has 2 heterocycles. The fraction of sp³-hybridized carbons (Fsp3) is 0.250. The summed E-state index contributed by atoms with van der Waals surface area (Å²) in [6.07, 6.45) is 6.87. The molecule has 1 aromatic carbocycles. The molecular formula is C16H16N2O2S. The first-order valence-electron chi connectivity index (χ1n) is 6.67. The highest BCUT2D eigenvalue weighted by Gasteiger charge is 2.20. The molecular weight excluding hydrogens is 284 g/mol. The van der Waals surface area contributed by atoms with Gasteiger partial charge in [-0.3, -0.25) is 4.90 Å². The largest absolute Gasteiger partial charge is 0.443 e. The maximum Gasteiger partial charge on any atom is 0.418 e. The van der Waals surface area contributed by atoms with E-state index in [1.165, 1.54) is 4.90 Å². The van der Waals surface area contributed by atoms with Crippen molar-refractivity contribution in [2.75, 3.05) is 0 Å². The van der Waals surface area contributed by atoms with Gasteiger partial charge in [-0.05, 0) is 56.2 Å². The highest BCUT2D eigenvalue weighted by atomic mass is 32.1. The normalized spacial score (nSPS) is 14.1. The summed E-state index contributed by atoms with van der Waals surface area (Å²) in [7, 11) is 0. The number of rotatable bonds is 0. The first-order valence-corrected chi connectivity index (χ1v) is 7.55. The van der Waals surface area contributed by atoms with Crippen molar-refractivity contribution in [3.8, 4) is 0 Å². The highest BCUT2D eigenvalue weighted by Crippen LogP contribution is 2.26. The van der Waals surface area contributed by atoms with E-state index >= 15 is 0 Å². The first kappa shape index (κ1) is 13.8. The predicted molar refractivity (Wildman–Crippen MR) is 85.8 cm³/mol. The average molecular weight is 300 g/mol.